The topological polar surface area (TPSA) is 44.5 Å². The van der Waals surface area contributed by atoms with Crippen molar-refractivity contribution in [2.75, 3.05) is 6.61 Å². The summed E-state index contributed by atoms with van der Waals surface area (Å²) in [6.45, 7) is 7.00. The highest BCUT2D eigenvalue weighted by molar-refractivity contribution is 5.43. The van der Waals surface area contributed by atoms with Gasteiger partial charge in [0.2, 0.25) is 0 Å². The van der Waals surface area contributed by atoms with E-state index in [2.05, 4.69) is 19.1 Å². The third-order valence-electron chi connectivity index (χ3n) is 4.12. The van der Waals surface area contributed by atoms with Crippen LogP contribution < -0.4 is 15.2 Å². The van der Waals surface area contributed by atoms with E-state index in [1.54, 1.807) is 0 Å². The highest BCUT2D eigenvalue weighted by Gasteiger charge is 2.21. The van der Waals surface area contributed by atoms with Crippen molar-refractivity contribution in [1.29, 1.82) is 0 Å². The molecule has 0 bridgehead atoms. The van der Waals surface area contributed by atoms with Gasteiger partial charge >= 0.3 is 0 Å². The second-order valence-electron chi connectivity index (χ2n) is 6.40. The fourth-order valence-corrected chi connectivity index (χ4v) is 2.94. The molecule has 0 spiro atoms. The van der Waals surface area contributed by atoms with Crippen LogP contribution in [0, 0.1) is 5.92 Å². The van der Waals surface area contributed by atoms with Gasteiger partial charge in [-0.25, -0.2) is 0 Å². The summed E-state index contributed by atoms with van der Waals surface area (Å²) in [7, 11) is 0. The Balaban J connectivity index is 2.06. The third kappa shape index (κ3) is 4.92. The first-order chi connectivity index (χ1) is 10.1. The Hall–Kier alpha value is -1.22. The van der Waals surface area contributed by atoms with E-state index >= 15 is 0 Å². The fourth-order valence-electron chi connectivity index (χ4n) is 2.94. The first-order valence-corrected chi connectivity index (χ1v) is 8.26. The maximum absolute atomic E-state index is 6.19. The van der Waals surface area contributed by atoms with E-state index in [1.807, 2.05) is 19.9 Å². The first kappa shape index (κ1) is 16.2. The quantitative estimate of drug-likeness (QED) is 0.863. The highest BCUT2D eigenvalue weighted by Crippen LogP contribution is 2.33. The van der Waals surface area contributed by atoms with E-state index in [0.717, 1.165) is 36.7 Å². The smallest absolute Gasteiger partial charge is 0.161 e. The molecular weight excluding hydrogens is 262 g/mol. The molecule has 1 aromatic rings. The van der Waals surface area contributed by atoms with Crippen LogP contribution in [0.1, 0.15) is 52.0 Å². The van der Waals surface area contributed by atoms with Crippen LogP contribution in [0.5, 0.6) is 11.5 Å². The molecule has 1 aliphatic rings. The van der Waals surface area contributed by atoms with Crippen LogP contribution in [-0.4, -0.2) is 18.8 Å². The Morgan fingerprint density at radius 2 is 1.90 bits per heavy atom. The highest BCUT2D eigenvalue weighted by atomic mass is 16.5. The van der Waals surface area contributed by atoms with Crippen molar-refractivity contribution >= 4 is 0 Å². The molecule has 0 amide bonds. The molecule has 1 atom stereocenters. The Morgan fingerprint density at radius 1 is 1.19 bits per heavy atom. The molecule has 118 valence electrons. The molecule has 2 N–H and O–H groups in total. The lowest BCUT2D eigenvalue weighted by molar-refractivity contribution is 0.130. The minimum Gasteiger partial charge on any atom is -0.490 e. The van der Waals surface area contributed by atoms with Crippen LogP contribution in [0.3, 0.4) is 0 Å². The zero-order valence-electron chi connectivity index (χ0n) is 13.6. The maximum Gasteiger partial charge on any atom is 0.161 e. The van der Waals surface area contributed by atoms with Crippen molar-refractivity contribution in [2.45, 2.75) is 65.0 Å². The molecule has 0 aliphatic heterocycles. The SMILES string of the molecule is CCOc1cc(CC(C)N)ccc1OC1CCC(C)CC1. The lowest BCUT2D eigenvalue weighted by Crippen LogP contribution is -2.23. The zero-order chi connectivity index (χ0) is 15.2. The summed E-state index contributed by atoms with van der Waals surface area (Å²) in [5.74, 6) is 2.57. The predicted molar refractivity (Wildman–Crippen MR) is 87.0 cm³/mol. The largest absolute Gasteiger partial charge is 0.490 e. The van der Waals surface area contributed by atoms with Crippen molar-refractivity contribution in [2.24, 2.45) is 11.7 Å². The normalized spacial score (nSPS) is 23.6. The third-order valence-corrected chi connectivity index (χ3v) is 4.12. The molecule has 1 aliphatic carbocycles. The van der Waals surface area contributed by atoms with Gasteiger partial charge in [-0.1, -0.05) is 13.0 Å². The fraction of sp³-hybridized carbons (Fsp3) is 0.667. The van der Waals surface area contributed by atoms with Gasteiger partial charge in [0.15, 0.2) is 11.5 Å². The van der Waals surface area contributed by atoms with Gasteiger partial charge in [0.05, 0.1) is 12.7 Å². The van der Waals surface area contributed by atoms with Crippen LogP contribution in [0.4, 0.5) is 0 Å². The number of benzene rings is 1. The first-order valence-electron chi connectivity index (χ1n) is 8.26. The summed E-state index contributed by atoms with van der Waals surface area (Å²) < 4.78 is 11.9. The van der Waals surface area contributed by atoms with Gasteiger partial charge < -0.3 is 15.2 Å². The molecule has 2 rings (SSSR count). The van der Waals surface area contributed by atoms with Gasteiger partial charge in [-0.3, -0.25) is 0 Å². The summed E-state index contributed by atoms with van der Waals surface area (Å²) in [5, 5.41) is 0. The molecule has 0 aromatic heterocycles. The van der Waals surface area contributed by atoms with Crippen LogP contribution in [0.15, 0.2) is 18.2 Å². The second-order valence-corrected chi connectivity index (χ2v) is 6.40. The number of nitrogens with two attached hydrogens (primary N) is 1. The summed E-state index contributed by atoms with van der Waals surface area (Å²) in [4.78, 5) is 0. The molecule has 1 unspecified atom stereocenters. The van der Waals surface area contributed by atoms with Gasteiger partial charge in [0.25, 0.3) is 0 Å². The molecule has 1 aromatic carbocycles. The Kier molecular flexibility index (Phi) is 5.92. The van der Waals surface area contributed by atoms with Crippen molar-refractivity contribution in [3.05, 3.63) is 23.8 Å². The van der Waals surface area contributed by atoms with Crippen molar-refractivity contribution in [1.82, 2.24) is 0 Å². The minimum atomic E-state index is 0.158. The Labute approximate surface area is 128 Å². The molecule has 21 heavy (non-hydrogen) atoms. The molecule has 0 heterocycles. The van der Waals surface area contributed by atoms with E-state index in [-0.39, 0.29) is 6.04 Å². The molecule has 3 nitrogen and oxygen atoms in total. The average Bonchev–Trinajstić information content (AvgIpc) is 2.44. The zero-order valence-corrected chi connectivity index (χ0v) is 13.6. The summed E-state index contributed by atoms with van der Waals surface area (Å²) in [5.41, 5.74) is 7.08. The Bertz CT molecular complexity index is 437. The molecule has 0 radical (unpaired) electrons. The average molecular weight is 291 g/mol. The summed E-state index contributed by atoms with van der Waals surface area (Å²) >= 11 is 0. The standard InChI is InChI=1S/C18H29NO2/c1-4-20-18-12-15(11-14(3)19)7-10-17(18)21-16-8-5-13(2)6-9-16/h7,10,12-14,16H,4-6,8-9,11,19H2,1-3H3. The predicted octanol–water partition coefficient (Wildman–Crippen LogP) is 3.93. The van der Waals surface area contributed by atoms with Crippen molar-refractivity contribution in [3.63, 3.8) is 0 Å². The van der Waals surface area contributed by atoms with Gasteiger partial charge in [0, 0.05) is 6.04 Å². The van der Waals surface area contributed by atoms with E-state index in [9.17, 15) is 0 Å². The van der Waals surface area contributed by atoms with Crippen LogP contribution in [-0.2, 0) is 6.42 Å². The second kappa shape index (κ2) is 7.69. The minimum absolute atomic E-state index is 0.158. The number of hydrogen-bond donors (Lipinski definition) is 1. The van der Waals surface area contributed by atoms with E-state index in [0.29, 0.717) is 12.7 Å². The number of rotatable bonds is 6. The van der Waals surface area contributed by atoms with E-state index < -0.39 is 0 Å². The van der Waals surface area contributed by atoms with Gasteiger partial charge in [-0.15, -0.1) is 0 Å². The number of hydrogen-bond acceptors (Lipinski definition) is 3. The molecule has 1 saturated carbocycles. The molecule has 0 saturated heterocycles. The van der Waals surface area contributed by atoms with Crippen LogP contribution in [0.2, 0.25) is 0 Å². The lowest BCUT2D eigenvalue weighted by Gasteiger charge is -2.27. The van der Waals surface area contributed by atoms with E-state index in [4.69, 9.17) is 15.2 Å². The number of ether oxygens (including phenoxy) is 2. The van der Waals surface area contributed by atoms with Gasteiger partial charge in [-0.05, 0) is 69.6 Å². The Morgan fingerprint density at radius 3 is 2.52 bits per heavy atom. The van der Waals surface area contributed by atoms with Crippen LogP contribution in [0.25, 0.3) is 0 Å². The van der Waals surface area contributed by atoms with Gasteiger partial charge in [0.1, 0.15) is 0 Å². The van der Waals surface area contributed by atoms with Gasteiger partial charge in [-0.2, -0.15) is 0 Å². The van der Waals surface area contributed by atoms with Crippen molar-refractivity contribution < 1.29 is 9.47 Å². The van der Waals surface area contributed by atoms with Crippen molar-refractivity contribution in [3.8, 4) is 11.5 Å². The lowest BCUT2D eigenvalue weighted by atomic mass is 9.89. The molecular formula is C18H29NO2. The molecule has 3 heteroatoms. The maximum atomic E-state index is 6.19. The monoisotopic (exact) mass is 291 g/mol. The van der Waals surface area contributed by atoms with Crippen LogP contribution >= 0.6 is 0 Å². The summed E-state index contributed by atoms with van der Waals surface area (Å²) in [6.07, 6.45) is 6.01. The summed E-state index contributed by atoms with van der Waals surface area (Å²) in [6, 6.07) is 6.38. The molecule has 1 fully saturated rings. The van der Waals surface area contributed by atoms with E-state index in [1.165, 1.54) is 18.4 Å².